The zero-order valence-corrected chi connectivity index (χ0v) is 10.3. The lowest BCUT2D eigenvalue weighted by atomic mass is 10.2. The van der Waals surface area contributed by atoms with E-state index in [0.29, 0.717) is 16.7 Å². The summed E-state index contributed by atoms with van der Waals surface area (Å²) in [6.45, 7) is 3.65. The molecule has 0 saturated heterocycles. The Balaban J connectivity index is 2.00. The zero-order valence-electron chi connectivity index (χ0n) is 9.48. The highest BCUT2D eigenvalue weighted by Gasteiger charge is 2.13. The van der Waals surface area contributed by atoms with E-state index in [9.17, 15) is 4.79 Å². The first-order valence-electron chi connectivity index (χ1n) is 4.99. The van der Waals surface area contributed by atoms with E-state index in [-0.39, 0.29) is 12.3 Å². The Hall–Kier alpha value is -1.89. The number of carbonyl (C=O) groups excluding carboxylic acids is 1. The van der Waals surface area contributed by atoms with Crippen molar-refractivity contribution in [2.75, 3.05) is 11.1 Å². The number of nitrogens with two attached hydrogens (primary N) is 1. The molecule has 2 heterocycles. The predicted molar refractivity (Wildman–Crippen MR) is 64.8 cm³/mol. The number of anilines is 2. The fraction of sp³-hybridized carbons (Fsp3) is 0.300. The first kappa shape index (κ1) is 11.6. The lowest BCUT2D eigenvalue weighted by Crippen LogP contribution is -2.14. The van der Waals surface area contributed by atoms with Gasteiger partial charge in [0.2, 0.25) is 11.8 Å². The number of hydrogen-bond donors (Lipinski definition) is 2. The number of carbonyl (C=O) groups is 1. The van der Waals surface area contributed by atoms with Crippen LogP contribution in [0.3, 0.4) is 0 Å². The number of hydrogen-bond acceptors (Lipinski definition) is 6. The van der Waals surface area contributed by atoms with E-state index < -0.39 is 0 Å². The maximum Gasteiger partial charge on any atom is 0.234 e. The molecule has 0 saturated carbocycles. The minimum atomic E-state index is -0.199. The third-order valence-electron chi connectivity index (χ3n) is 2.32. The average molecular weight is 252 g/mol. The van der Waals surface area contributed by atoms with Crippen molar-refractivity contribution in [3.8, 4) is 0 Å². The molecule has 0 radical (unpaired) electrons. The van der Waals surface area contributed by atoms with E-state index in [1.165, 1.54) is 11.3 Å². The van der Waals surface area contributed by atoms with Crippen molar-refractivity contribution in [3.05, 3.63) is 22.3 Å². The number of nitrogens with one attached hydrogen (secondary N) is 1. The van der Waals surface area contributed by atoms with Crippen LogP contribution >= 0.6 is 11.3 Å². The van der Waals surface area contributed by atoms with Gasteiger partial charge in [0.15, 0.2) is 5.13 Å². The maximum atomic E-state index is 11.7. The lowest BCUT2D eigenvalue weighted by molar-refractivity contribution is -0.115. The Labute approximate surface area is 102 Å². The molecule has 0 aromatic carbocycles. The molecular formula is C10H12N4O2S. The normalized spacial score (nSPS) is 10.5. The first-order valence-corrected chi connectivity index (χ1v) is 5.87. The molecule has 0 aliphatic rings. The fourth-order valence-electron chi connectivity index (χ4n) is 1.27. The number of nitrogen functional groups attached to an aromatic ring is 1. The Morgan fingerprint density at radius 3 is 2.88 bits per heavy atom. The number of thiazole rings is 1. The number of amides is 1. The van der Waals surface area contributed by atoms with Gasteiger partial charge in [0.1, 0.15) is 0 Å². The van der Waals surface area contributed by atoms with Gasteiger partial charge < -0.3 is 10.3 Å². The van der Waals surface area contributed by atoms with Crippen molar-refractivity contribution < 1.29 is 9.32 Å². The van der Waals surface area contributed by atoms with Crippen LogP contribution in [0, 0.1) is 13.8 Å². The highest BCUT2D eigenvalue weighted by Crippen LogP contribution is 2.18. The Bertz CT molecular complexity index is 546. The molecule has 0 aliphatic carbocycles. The van der Waals surface area contributed by atoms with Gasteiger partial charge in [-0.3, -0.25) is 10.1 Å². The van der Waals surface area contributed by atoms with E-state index in [0.717, 1.165) is 11.3 Å². The second-order valence-electron chi connectivity index (χ2n) is 3.62. The third kappa shape index (κ3) is 2.62. The fourth-order valence-corrected chi connectivity index (χ4v) is 1.83. The van der Waals surface area contributed by atoms with Crippen molar-refractivity contribution in [2.24, 2.45) is 0 Å². The molecule has 6 nitrogen and oxygen atoms in total. The van der Waals surface area contributed by atoms with Gasteiger partial charge in [0.05, 0.1) is 17.8 Å². The molecule has 7 heteroatoms. The monoisotopic (exact) mass is 252 g/mol. The van der Waals surface area contributed by atoms with Crippen molar-refractivity contribution >= 4 is 28.3 Å². The molecule has 0 aliphatic heterocycles. The summed E-state index contributed by atoms with van der Waals surface area (Å²) in [7, 11) is 0. The summed E-state index contributed by atoms with van der Waals surface area (Å²) < 4.78 is 4.98. The largest absolute Gasteiger partial charge is 0.375 e. The minimum absolute atomic E-state index is 0.173. The summed E-state index contributed by atoms with van der Waals surface area (Å²) >= 11 is 1.31. The quantitative estimate of drug-likeness (QED) is 0.863. The van der Waals surface area contributed by atoms with Gasteiger partial charge in [0.25, 0.3) is 0 Å². The van der Waals surface area contributed by atoms with Crippen LogP contribution in [0.1, 0.15) is 17.0 Å². The Morgan fingerprint density at radius 1 is 1.59 bits per heavy atom. The second kappa shape index (κ2) is 4.54. The van der Waals surface area contributed by atoms with Crippen LogP contribution in [0.5, 0.6) is 0 Å². The molecule has 0 unspecified atom stereocenters. The molecule has 0 bridgehead atoms. The van der Waals surface area contributed by atoms with Crippen molar-refractivity contribution in [1.82, 2.24) is 10.1 Å². The number of aromatic nitrogens is 2. The molecule has 0 fully saturated rings. The number of nitrogens with zero attached hydrogens (tertiary/aromatic N) is 2. The molecule has 2 aromatic heterocycles. The molecule has 0 spiro atoms. The van der Waals surface area contributed by atoms with E-state index >= 15 is 0 Å². The second-order valence-corrected chi connectivity index (χ2v) is 4.51. The minimum Gasteiger partial charge on any atom is -0.375 e. The van der Waals surface area contributed by atoms with E-state index in [4.69, 9.17) is 10.3 Å². The van der Waals surface area contributed by atoms with Crippen molar-refractivity contribution in [2.45, 2.75) is 20.3 Å². The lowest BCUT2D eigenvalue weighted by Gasteiger charge is -1.99. The summed E-state index contributed by atoms with van der Waals surface area (Å²) in [5.74, 6) is 0.185. The molecule has 17 heavy (non-hydrogen) atoms. The van der Waals surface area contributed by atoms with Gasteiger partial charge in [-0.25, -0.2) is 4.98 Å². The van der Waals surface area contributed by atoms with Crippen molar-refractivity contribution in [3.63, 3.8) is 0 Å². The molecule has 0 atom stereocenters. The maximum absolute atomic E-state index is 11.7. The standard InChI is InChI=1S/C10H12N4O2S/c1-5-6(2)14-16-9(5)13-8(15)3-7-4-17-10(11)12-7/h4H,3H2,1-2H3,(H2,11,12)(H,13,15). The van der Waals surface area contributed by atoms with Crippen LogP contribution in [-0.4, -0.2) is 16.0 Å². The van der Waals surface area contributed by atoms with Crippen LogP contribution in [0.4, 0.5) is 11.0 Å². The molecule has 90 valence electrons. The SMILES string of the molecule is Cc1noc(NC(=O)Cc2csc(N)n2)c1C. The molecule has 2 rings (SSSR count). The molecular weight excluding hydrogens is 240 g/mol. The molecule has 3 N–H and O–H groups in total. The number of aryl methyl sites for hydroxylation is 1. The molecule has 2 aromatic rings. The van der Waals surface area contributed by atoms with E-state index in [1.54, 1.807) is 5.38 Å². The van der Waals surface area contributed by atoms with Gasteiger partial charge in [-0.15, -0.1) is 11.3 Å². The van der Waals surface area contributed by atoms with E-state index in [1.807, 2.05) is 13.8 Å². The van der Waals surface area contributed by atoms with Crippen LogP contribution < -0.4 is 11.1 Å². The van der Waals surface area contributed by atoms with E-state index in [2.05, 4.69) is 15.5 Å². The first-order chi connectivity index (χ1) is 8.06. The Morgan fingerprint density at radius 2 is 2.35 bits per heavy atom. The average Bonchev–Trinajstić information content (AvgIpc) is 2.79. The summed E-state index contributed by atoms with van der Waals surface area (Å²) in [4.78, 5) is 15.7. The van der Waals surface area contributed by atoms with Gasteiger partial charge >= 0.3 is 0 Å². The zero-order chi connectivity index (χ0) is 12.4. The van der Waals surface area contributed by atoms with Crippen molar-refractivity contribution in [1.29, 1.82) is 0 Å². The van der Waals surface area contributed by atoms with Gasteiger partial charge in [-0.1, -0.05) is 5.16 Å². The number of rotatable bonds is 3. The highest BCUT2D eigenvalue weighted by atomic mass is 32.1. The summed E-state index contributed by atoms with van der Waals surface area (Å²) in [5.41, 5.74) is 7.73. The third-order valence-corrected chi connectivity index (χ3v) is 3.04. The summed E-state index contributed by atoms with van der Waals surface area (Å²) in [5, 5.41) is 8.62. The van der Waals surface area contributed by atoms with Crippen LogP contribution in [0.2, 0.25) is 0 Å². The van der Waals surface area contributed by atoms with Crippen LogP contribution in [-0.2, 0) is 11.2 Å². The summed E-state index contributed by atoms with van der Waals surface area (Å²) in [6, 6.07) is 0. The topological polar surface area (TPSA) is 94.0 Å². The van der Waals surface area contributed by atoms with Gasteiger partial charge in [-0.05, 0) is 13.8 Å². The smallest absolute Gasteiger partial charge is 0.234 e. The Kier molecular flexibility index (Phi) is 3.10. The molecule has 1 amide bonds. The summed E-state index contributed by atoms with van der Waals surface area (Å²) in [6.07, 6.45) is 0.173. The van der Waals surface area contributed by atoms with Gasteiger partial charge in [0, 0.05) is 10.9 Å². The van der Waals surface area contributed by atoms with Crippen LogP contribution in [0.25, 0.3) is 0 Å². The predicted octanol–water partition coefficient (Wildman–Crippen LogP) is 1.51. The van der Waals surface area contributed by atoms with Crippen LogP contribution in [0.15, 0.2) is 9.90 Å². The highest BCUT2D eigenvalue weighted by molar-refractivity contribution is 7.13. The van der Waals surface area contributed by atoms with Gasteiger partial charge in [-0.2, -0.15) is 0 Å².